The molecule has 4 aromatic rings. The largest absolute Gasteiger partial charge is 0.371 e. The number of ether oxygens (including phenoxy) is 1. The van der Waals surface area contributed by atoms with Crippen LogP contribution in [0.25, 0.3) is 21.1 Å². The van der Waals surface area contributed by atoms with E-state index in [1.54, 1.807) is 13.2 Å². The number of fused-ring (bicyclic) bond motifs is 2. The minimum Gasteiger partial charge on any atom is -0.371 e. The van der Waals surface area contributed by atoms with E-state index in [1.807, 2.05) is 30.3 Å². The van der Waals surface area contributed by atoms with Gasteiger partial charge in [0.25, 0.3) is 5.91 Å². The molecular formula is C23H22N4O2S. The van der Waals surface area contributed by atoms with Gasteiger partial charge in [0.15, 0.2) is 0 Å². The van der Waals surface area contributed by atoms with E-state index in [-0.39, 0.29) is 12.0 Å². The van der Waals surface area contributed by atoms with Crippen molar-refractivity contribution in [2.24, 2.45) is 0 Å². The first-order chi connectivity index (χ1) is 14.7. The summed E-state index contributed by atoms with van der Waals surface area (Å²) in [5, 5.41) is 4.90. The molecular weight excluding hydrogens is 396 g/mol. The number of nitrogens with zero attached hydrogens (tertiary/aromatic N) is 3. The highest BCUT2D eigenvalue weighted by atomic mass is 32.1. The van der Waals surface area contributed by atoms with Gasteiger partial charge in [-0.15, -0.1) is 11.3 Å². The maximum atomic E-state index is 12.5. The van der Waals surface area contributed by atoms with E-state index in [0.717, 1.165) is 45.5 Å². The smallest absolute Gasteiger partial charge is 0.261 e. The SMILES string of the molecule is CNC(=O)c1sc2ncccc2c1[C@H]1CN(Cc2ccc3ccccc3n2)CCO1. The molecule has 0 spiro atoms. The topological polar surface area (TPSA) is 67.4 Å². The fraction of sp³-hybridized carbons (Fsp3) is 0.261. The Hall–Kier alpha value is -2.87. The van der Waals surface area contributed by atoms with Crippen LogP contribution in [-0.4, -0.2) is 47.5 Å². The van der Waals surface area contributed by atoms with Gasteiger partial charge in [-0.1, -0.05) is 30.3 Å². The first-order valence-electron chi connectivity index (χ1n) is 10.0. The fourth-order valence-corrected chi connectivity index (χ4v) is 5.14. The molecule has 0 unspecified atom stereocenters. The lowest BCUT2D eigenvalue weighted by molar-refractivity contribution is -0.0326. The van der Waals surface area contributed by atoms with E-state index < -0.39 is 0 Å². The number of carbonyl (C=O) groups is 1. The third-order valence-electron chi connectivity index (χ3n) is 5.45. The van der Waals surface area contributed by atoms with Crippen LogP contribution in [0.5, 0.6) is 0 Å². The highest BCUT2D eigenvalue weighted by Gasteiger charge is 2.30. The molecule has 7 heteroatoms. The molecule has 1 atom stereocenters. The van der Waals surface area contributed by atoms with Gasteiger partial charge in [-0.05, 0) is 18.2 Å². The number of pyridine rings is 2. The summed E-state index contributed by atoms with van der Waals surface area (Å²) in [6.07, 6.45) is 1.58. The van der Waals surface area contributed by atoms with E-state index in [0.29, 0.717) is 18.0 Å². The van der Waals surface area contributed by atoms with Gasteiger partial charge in [0.05, 0.1) is 23.9 Å². The zero-order valence-electron chi connectivity index (χ0n) is 16.7. The third-order valence-corrected chi connectivity index (χ3v) is 6.58. The minimum atomic E-state index is -0.176. The van der Waals surface area contributed by atoms with Crippen LogP contribution in [0.15, 0.2) is 54.7 Å². The molecule has 0 bridgehead atoms. The Labute approximate surface area is 178 Å². The van der Waals surface area contributed by atoms with Gasteiger partial charge in [0.2, 0.25) is 0 Å². The van der Waals surface area contributed by atoms with Gasteiger partial charge in [-0.3, -0.25) is 14.7 Å². The molecule has 5 rings (SSSR count). The molecule has 1 amide bonds. The molecule has 1 saturated heterocycles. The molecule has 1 fully saturated rings. The molecule has 1 aromatic carbocycles. The molecule has 0 saturated carbocycles. The van der Waals surface area contributed by atoms with Crippen molar-refractivity contribution in [3.8, 4) is 0 Å². The Morgan fingerprint density at radius 1 is 1.23 bits per heavy atom. The zero-order chi connectivity index (χ0) is 20.5. The Morgan fingerprint density at radius 2 is 2.13 bits per heavy atom. The van der Waals surface area contributed by atoms with E-state index >= 15 is 0 Å². The summed E-state index contributed by atoms with van der Waals surface area (Å²) >= 11 is 1.42. The number of amides is 1. The van der Waals surface area contributed by atoms with Gasteiger partial charge >= 0.3 is 0 Å². The number of aromatic nitrogens is 2. The monoisotopic (exact) mass is 418 g/mol. The van der Waals surface area contributed by atoms with Crippen LogP contribution in [0.1, 0.15) is 27.0 Å². The molecule has 152 valence electrons. The number of carbonyl (C=O) groups excluding carboxylic acids is 1. The van der Waals surface area contributed by atoms with Crippen molar-refractivity contribution in [2.45, 2.75) is 12.6 Å². The highest BCUT2D eigenvalue weighted by molar-refractivity contribution is 7.20. The third kappa shape index (κ3) is 3.56. The molecule has 3 aromatic heterocycles. The number of benzene rings is 1. The Balaban J connectivity index is 1.43. The van der Waals surface area contributed by atoms with E-state index in [2.05, 4.69) is 33.4 Å². The minimum absolute atomic E-state index is 0.0927. The van der Waals surface area contributed by atoms with E-state index in [4.69, 9.17) is 9.72 Å². The van der Waals surface area contributed by atoms with Gasteiger partial charge < -0.3 is 10.1 Å². The summed E-state index contributed by atoms with van der Waals surface area (Å²) < 4.78 is 6.14. The van der Waals surface area contributed by atoms with Crippen molar-refractivity contribution in [3.05, 3.63) is 70.9 Å². The molecule has 6 nitrogen and oxygen atoms in total. The number of rotatable bonds is 4. The summed E-state index contributed by atoms with van der Waals surface area (Å²) in [6.45, 7) is 2.91. The summed E-state index contributed by atoms with van der Waals surface area (Å²) in [5.41, 5.74) is 2.99. The maximum Gasteiger partial charge on any atom is 0.261 e. The lowest BCUT2D eigenvalue weighted by atomic mass is 10.0. The summed E-state index contributed by atoms with van der Waals surface area (Å²) in [4.78, 5) is 25.7. The van der Waals surface area contributed by atoms with Crippen molar-refractivity contribution in [2.75, 3.05) is 26.7 Å². The van der Waals surface area contributed by atoms with Crippen molar-refractivity contribution < 1.29 is 9.53 Å². The highest BCUT2D eigenvalue weighted by Crippen LogP contribution is 2.37. The van der Waals surface area contributed by atoms with Crippen LogP contribution in [-0.2, 0) is 11.3 Å². The summed E-state index contributed by atoms with van der Waals surface area (Å²) in [5.74, 6) is -0.0927. The summed E-state index contributed by atoms with van der Waals surface area (Å²) in [6, 6.07) is 16.3. The number of morpholine rings is 1. The number of nitrogens with one attached hydrogen (secondary N) is 1. The van der Waals surface area contributed by atoms with Crippen molar-refractivity contribution in [3.63, 3.8) is 0 Å². The van der Waals surface area contributed by atoms with Gasteiger partial charge in [0.1, 0.15) is 9.71 Å². The Bertz CT molecular complexity index is 1220. The predicted molar refractivity (Wildman–Crippen MR) is 119 cm³/mol. The fourth-order valence-electron chi connectivity index (χ4n) is 4.00. The van der Waals surface area contributed by atoms with Crippen LogP contribution < -0.4 is 5.32 Å². The first kappa shape index (κ1) is 19.1. The molecule has 0 radical (unpaired) electrons. The molecule has 1 N–H and O–H groups in total. The van der Waals surface area contributed by atoms with Crippen LogP contribution in [0, 0.1) is 0 Å². The lowest BCUT2D eigenvalue weighted by Crippen LogP contribution is -2.38. The van der Waals surface area contributed by atoms with Crippen LogP contribution in [0.2, 0.25) is 0 Å². The lowest BCUT2D eigenvalue weighted by Gasteiger charge is -2.33. The molecule has 30 heavy (non-hydrogen) atoms. The summed E-state index contributed by atoms with van der Waals surface area (Å²) in [7, 11) is 1.66. The second-order valence-electron chi connectivity index (χ2n) is 7.37. The normalized spacial score (nSPS) is 17.4. The predicted octanol–water partition coefficient (Wildman–Crippen LogP) is 3.78. The van der Waals surface area contributed by atoms with Gasteiger partial charge in [0, 0.05) is 49.2 Å². The van der Waals surface area contributed by atoms with Crippen LogP contribution in [0.3, 0.4) is 0 Å². The Kier molecular flexibility index (Phi) is 5.16. The first-order valence-corrected chi connectivity index (χ1v) is 10.8. The van der Waals surface area contributed by atoms with Crippen molar-refractivity contribution >= 4 is 38.4 Å². The molecule has 1 aliphatic heterocycles. The number of para-hydroxylation sites is 1. The molecule has 1 aliphatic rings. The van der Waals surface area contributed by atoms with Gasteiger partial charge in [-0.2, -0.15) is 0 Å². The average Bonchev–Trinajstić information content (AvgIpc) is 3.18. The molecule has 0 aliphatic carbocycles. The van der Waals surface area contributed by atoms with E-state index in [9.17, 15) is 4.79 Å². The van der Waals surface area contributed by atoms with E-state index in [1.165, 1.54) is 11.3 Å². The second kappa shape index (κ2) is 8.10. The second-order valence-corrected chi connectivity index (χ2v) is 8.37. The maximum absolute atomic E-state index is 12.5. The van der Waals surface area contributed by atoms with Crippen LogP contribution >= 0.6 is 11.3 Å². The molecule has 4 heterocycles. The average molecular weight is 419 g/mol. The standard InChI is InChI=1S/C23H22N4O2S/c1-24-22(28)21-20(17-6-4-10-25-23(17)30-21)19-14-27(11-12-29-19)13-16-9-8-15-5-2-3-7-18(15)26-16/h2-10,19H,11-14H2,1H3,(H,24,28)/t19-/m1/s1. The number of thiophene rings is 1. The zero-order valence-corrected chi connectivity index (χ0v) is 17.5. The number of hydrogen-bond donors (Lipinski definition) is 1. The van der Waals surface area contributed by atoms with Crippen LogP contribution in [0.4, 0.5) is 0 Å². The van der Waals surface area contributed by atoms with Crippen molar-refractivity contribution in [1.29, 1.82) is 0 Å². The quantitative estimate of drug-likeness (QED) is 0.546. The van der Waals surface area contributed by atoms with Gasteiger partial charge in [-0.25, -0.2) is 4.98 Å². The number of hydrogen-bond acceptors (Lipinski definition) is 6. The Morgan fingerprint density at radius 3 is 3.03 bits per heavy atom. The van der Waals surface area contributed by atoms with Crippen molar-refractivity contribution in [1.82, 2.24) is 20.2 Å².